The monoisotopic (exact) mass is 716 g/mol. The molecule has 0 aliphatic heterocycles. The van der Waals surface area contributed by atoms with Gasteiger partial charge in [-0.15, -0.1) is 0 Å². The third-order valence-corrected chi connectivity index (χ3v) is 10.6. The SMILES string of the molecule is c1ccc(-c2nc(-c3ccccc3)nc(-n3c4ccc(-c5ccc(-c6nc7ccccc7n6-c6ccccc6)cc5)cc4c4c5ccccc5ccc43)n2)cc1. The van der Waals surface area contributed by atoms with Crippen molar-refractivity contribution in [3.63, 3.8) is 0 Å². The van der Waals surface area contributed by atoms with Gasteiger partial charge in [0.1, 0.15) is 5.82 Å². The average Bonchev–Trinajstić information content (AvgIpc) is 3.84. The Kier molecular flexibility index (Phi) is 7.38. The van der Waals surface area contributed by atoms with E-state index < -0.39 is 0 Å². The van der Waals surface area contributed by atoms with E-state index in [-0.39, 0.29) is 0 Å². The lowest BCUT2D eigenvalue weighted by atomic mass is 9.99. The van der Waals surface area contributed by atoms with Gasteiger partial charge in [0.2, 0.25) is 5.95 Å². The van der Waals surface area contributed by atoms with Crippen molar-refractivity contribution in [3.05, 3.63) is 194 Å². The van der Waals surface area contributed by atoms with E-state index >= 15 is 0 Å². The van der Waals surface area contributed by atoms with Crippen molar-refractivity contribution in [2.45, 2.75) is 0 Å². The minimum absolute atomic E-state index is 0.575. The van der Waals surface area contributed by atoms with E-state index in [0.29, 0.717) is 17.6 Å². The Labute approximate surface area is 322 Å². The van der Waals surface area contributed by atoms with Gasteiger partial charge in [-0.25, -0.2) is 9.97 Å². The topological polar surface area (TPSA) is 61.4 Å². The highest BCUT2D eigenvalue weighted by Gasteiger charge is 2.20. The number of rotatable bonds is 6. The van der Waals surface area contributed by atoms with Crippen LogP contribution >= 0.6 is 0 Å². The summed E-state index contributed by atoms with van der Waals surface area (Å²) in [5, 5.41) is 4.66. The maximum atomic E-state index is 5.15. The zero-order valence-corrected chi connectivity index (χ0v) is 30.2. The summed E-state index contributed by atoms with van der Waals surface area (Å²) in [6, 6.07) is 67.4. The highest BCUT2D eigenvalue weighted by atomic mass is 15.2. The molecular formula is C50H32N6. The van der Waals surface area contributed by atoms with Crippen LogP contribution in [0.5, 0.6) is 0 Å². The molecule has 0 aliphatic carbocycles. The molecule has 6 heteroatoms. The summed E-state index contributed by atoms with van der Waals surface area (Å²) >= 11 is 0. The molecule has 0 radical (unpaired) electrons. The van der Waals surface area contributed by atoms with Gasteiger partial charge in [-0.05, 0) is 64.4 Å². The van der Waals surface area contributed by atoms with Crippen LogP contribution in [0, 0.1) is 0 Å². The van der Waals surface area contributed by atoms with Crippen molar-refractivity contribution in [2.24, 2.45) is 0 Å². The molecule has 0 aliphatic rings. The summed E-state index contributed by atoms with van der Waals surface area (Å²) in [6.07, 6.45) is 0. The molecule has 0 fully saturated rings. The first-order valence-electron chi connectivity index (χ1n) is 18.7. The zero-order chi connectivity index (χ0) is 37.0. The second-order valence-corrected chi connectivity index (χ2v) is 13.9. The first-order chi connectivity index (χ1) is 27.8. The van der Waals surface area contributed by atoms with Crippen LogP contribution in [0.1, 0.15) is 0 Å². The second-order valence-electron chi connectivity index (χ2n) is 13.9. The molecule has 0 atom stereocenters. The predicted octanol–water partition coefficient (Wildman–Crippen LogP) is 12.1. The van der Waals surface area contributed by atoms with Crippen LogP contribution in [-0.4, -0.2) is 29.1 Å². The summed E-state index contributed by atoms with van der Waals surface area (Å²) in [4.78, 5) is 20.4. The standard InChI is InChI=1S/C50H32N6/c1-4-15-35(16-5-1)47-52-48(36-17-6-2-7-18-36)54-50(53-47)56-43-30-29-38(32-41(43)46-40-21-11-10-14-34(40)28-31-45(46)56)33-24-26-37(27-25-33)49-51-42-22-12-13-23-44(42)55(49)39-19-8-3-9-20-39/h1-32H. The fourth-order valence-corrected chi connectivity index (χ4v) is 7.95. The minimum Gasteiger partial charge on any atom is -0.292 e. The molecule has 0 bridgehead atoms. The summed E-state index contributed by atoms with van der Waals surface area (Å²) in [6.45, 7) is 0. The number of hydrogen-bond donors (Lipinski definition) is 0. The van der Waals surface area contributed by atoms with Gasteiger partial charge in [0.05, 0.1) is 22.1 Å². The second kappa shape index (κ2) is 13.0. The highest BCUT2D eigenvalue weighted by Crippen LogP contribution is 2.39. The van der Waals surface area contributed by atoms with Gasteiger partial charge in [0.15, 0.2) is 11.6 Å². The Balaban J connectivity index is 1.09. The van der Waals surface area contributed by atoms with Gasteiger partial charge in [0.25, 0.3) is 0 Å². The largest absolute Gasteiger partial charge is 0.292 e. The lowest BCUT2D eigenvalue weighted by Crippen LogP contribution is -2.06. The Morgan fingerprint density at radius 1 is 0.339 bits per heavy atom. The number of para-hydroxylation sites is 3. The van der Waals surface area contributed by atoms with Crippen molar-refractivity contribution in [1.29, 1.82) is 0 Å². The maximum Gasteiger partial charge on any atom is 0.238 e. The van der Waals surface area contributed by atoms with Gasteiger partial charge in [-0.3, -0.25) is 9.13 Å². The quantitative estimate of drug-likeness (QED) is 0.172. The van der Waals surface area contributed by atoms with Crippen LogP contribution in [0.2, 0.25) is 0 Å². The molecule has 3 aromatic heterocycles. The molecule has 56 heavy (non-hydrogen) atoms. The lowest BCUT2D eigenvalue weighted by Gasteiger charge is -2.11. The number of nitrogens with zero attached hydrogens (tertiary/aromatic N) is 6. The summed E-state index contributed by atoms with van der Waals surface area (Å²) < 4.78 is 4.43. The van der Waals surface area contributed by atoms with Crippen LogP contribution in [0.15, 0.2) is 194 Å². The number of aromatic nitrogens is 6. The normalized spacial score (nSPS) is 11.6. The predicted molar refractivity (Wildman–Crippen MR) is 228 cm³/mol. The molecule has 0 saturated carbocycles. The first kappa shape index (κ1) is 31.8. The molecule has 0 amide bonds. The highest BCUT2D eigenvalue weighted by molar-refractivity contribution is 6.21. The van der Waals surface area contributed by atoms with E-state index in [1.807, 2.05) is 72.8 Å². The number of benzene rings is 8. The Morgan fingerprint density at radius 3 is 1.66 bits per heavy atom. The Hall–Kier alpha value is -7.70. The Bertz CT molecular complexity index is 3160. The molecule has 0 saturated heterocycles. The zero-order valence-electron chi connectivity index (χ0n) is 30.2. The third kappa shape index (κ3) is 5.27. The van der Waals surface area contributed by atoms with Crippen molar-refractivity contribution in [2.75, 3.05) is 0 Å². The molecule has 0 unspecified atom stereocenters. The van der Waals surface area contributed by atoms with Crippen LogP contribution in [-0.2, 0) is 0 Å². The molecule has 8 aromatic carbocycles. The van der Waals surface area contributed by atoms with Gasteiger partial charge in [-0.2, -0.15) is 9.97 Å². The van der Waals surface area contributed by atoms with E-state index in [2.05, 4.69) is 130 Å². The van der Waals surface area contributed by atoms with Crippen LogP contribution in [0.25, 0.3) is 101 Å². The smallest absolute Gasteiger partial charge is 0.238 e. The molecule has 11 rings (SSSR count). The van der Waals surface area contributed by atoms with Crippen LogP contribution in [0.3, 0.4) is 0 Å². The van der Waals surface area contributed by atoms with E-state index in [1.54, 1.807) is 0 Å². The molecule has 0 N–H and O–H groups in total. The number of hydrogen-bond acceptors (Lipinski definition) is 4. The van der Waals surface area contributed by atoms with Crippen molar-refractivity contribution >= 4 is 43.6 Å². The fourth-order valence-electron chi connectivity index (χ4n) is 7.95. The molecule has 6 nitrogen and oxygen atoms in total. The third-order valence-electron chi connectivity index (χ3n) is 10.6. The van der Waals surface area contributed by atoms with E-state index in [1.165, 1.54) is 10.8 Å². The molecule has 262 valence electrons. The minimum atomic E-state index is 0.575. The van der Waals surface area contributed by atoms with Crippen LogP contribution in [0.4, 0.5) is 0 Å². The number of imidazole rings is 1. The van der Waals surface area contributed by atoms with Gasteiger partial charge < -0.3 is 0 Å². The fraction of sp³-hybridized carbons (Fsp3) is 0. The lowest BCUT2D eigenvalue weighted by molar-refractivity contribution is 0.953. The molecule has 3 heterocycles. The van der Waals surface area contributed by atoms with Crippen molar-refractivity contribution in [3.8, 4) is 56.9 Å². The average molecular weight is 717 g/mol. The van der Waals surface area contributed by atoms with Crippen molar-refractivity contribution < 1.29 is 0 Å². The molecule has 0 spiro atoms. The van der Waals surface area contributed by atoms with E-state index in [4.69, 9.17) is 19.9 Å². The van der Waals surface area contributed by atoms with Gasteiger partial charge >= 0.3 is 0 Å². The summed E-state index contributed by atoms with van der Waals surface area (Å²) in [5.41, 5.74) is 10.4. The van der Waals surface area contributed by atoms with E-state index in [9.17, 15) is 0 Å². The summed E-state index contributed by atoms with van der Waals surface area (Å²) in [5.74, 6) is 2.74. The Morgan fingerprint density at radius 2 is 0.929 bits per heavy atom. The molecular weight excluding hydrogens is 685 g/mol. The number of fused-ring (bicyclic) bond motifs is 6. The van der Waals surface area contributed by atoms with Gasteiger partial charge in [0, 0.05) is 33.2 Å². The molecule has 11 aromatic rings. The first-order valence-corrected chi connectivity index (χ1v) is 18.7. The van der Waals surface area contributed by atoms with Gasteiger partial charge in [-0.1, -0.05) is 152 Å². The summed E-state index contributed by atoms with van der Waals surface area (Å²) in [7, 11) is 0. The van der Waals surface area contributed by atoms with E-state index in [0.717, 1.165) is 72.2 Å². The van der Waals surface area contributed by atoms with Crippen LogP contribution < -0.4 is 0 Å². The maximum absolute atomic E-state index is 5.15. The van der Waals surface area contributed by atoms with Crippen molar-refractivity contribution in [1.82, 2.24) is 29.1 Å².